The second-order valence-electron chi connectivity index (χ2n) is 7.20. The van der Waals surface area contributed by atoms with Gasteiger partial charge in [-0.1, -0.05) is 25.1 Å². The molecular weight excluding hydrogens is 344 g/mol. The molecule has 2 aromatic rings. The summed E-state index contributed by atoms with van der Waals surface area (Å²) in [6.07, 6.45) is 3.13. The fourth-order valence-electron chi connectivity index (χ4n) is 3.96. The Hall–Kier alpha value is -1.85. The molecule has 3 aliphatic rings. The van der Waals surface area contributed by atoms with Crippen molar-refractivity contribution in [1.82, 2.24) is 4.90 Å². The Morgan fingerprint density at radius 3 is 2.50 bits per heavy atom. The highest BCUT2D eigenvalue weighted by molar-refractivity contribution is 7.12. The van der Waals surface area contributed by atoms with Gasteiger partial charge >= 0.3 is 6.09 Å². The number of fused-ring (bicyclic) bond motifs is 3. The van der Waals surface area contributed by atoms with E-state index in [9.17, 15) is 4.79 Å². The predicted molar refractivity (Wildman–Crippen MR) is 106 cm³/mol. The molecule has 4 nitrogen and oxygen atoms in total. The lowest BCUT2D eigenvalue weighted by Crippen LogP contribution is -2.53. The summed E-state index contributed by atoms with van der Waals surface area (Å²) in [5.74, 6) is 0.523. The molecule has 5 heteroatoms. The SMILES string of the molecule is CCc1ccc(CN(C(=O)OC2CN3CCC2CC3)c2ccccc2)s1. The van der Waals surface area contributed by atoms with Crippen molar-refractivity contribution < 1.29 is 9.53 Å². The molecule has 26 heavy (non-hydrogen) atoms. The molecule has 1 atom stereocenters. The average molecular weight is 371 g/mol. The Labute approximate surface area is 159 Å². The van der Waals surface area contributed by atoms with Gasteiger partial charge in [-0.15, -0.1) is 11.3 Å². The second kappa shape index (κ2) is 7.80. The number of benzene rings is 1. The molecule has 3 aliphatic heterocycles. The normalized spacial score (nSPS) is 24.4. The summed E-state index contributed by atoms with van der Waals surface area (Å²) in [5.41, 5.74) is 0.894. The van der Waals surface area contributed by atoms with Crippen molar-refractivity contribution in [3.63, 3.8) is 0 Å². The largest absolute Gasteiger partial charge is 0.444 e. The van der Waals surface area contributed by atoms with Gasteiger partial charge in [-0.05, 0) is 62.5 Å². The van der Waals surface area contributed by atoms with Gasteiger partial charge in [-0.25, -0.2) is 4.79 Å². The summed E-state index contributed by atoms with van der Waals surface area (Å²) in [6, 6.07) is 14.1. The molecule has 0 radical (unpaired) electrons. The number of hydrogen-bond acceptors (Lipinski definition) is 4. The molecule has 4 heterocycles. The van der Waals surface area contributed by atoms with Crippen LogP contribution in [0.15, 0.2) is 42.5 Å². The van der Waals surface area contributed by atoms with Crippen LogP contribution < -0.4 is 4.90 Å². The van der Waals surface area contributed by atoms with E-state index in [0.29, 0.717) is 12.5 Å². The number of nitrogens with zero attached hydrogens (tertiary/aromatic N) is 2. The lowest BCUT2D eigenvalue weighted by molar-refractivity contribution is -0.0311. The summed E-state index contributed by atoms with van der Waals surface area (Å²) < 4.78 is 6.00. The number of anilines is 1. The van der Waals surface area contributed by atoms with Crippen LogP contribution in [0.5, 0.6) is 0 Å². The van der Waals surface area contributed by atoms with Crippen molar-refractivity contribution in [3.8, 4) is 0 Å². The highest BCUT2D eigenvalue weighted by Crippen LogP contribution is 2.31. The minimum Gasteiger partial charge on any atom is -0.444 e. The standard InChI is InChI=1S/C21H26N2O2S/c1-2-18-8-9-19(26-18)14-23(17-6-4-3-5-7-17)21(24)25-20-15-22-12-10-16(20)11-13-22/h3-9,16,20H,2,10-15H2,1H3. The maximum Gasteiger partial charge on any atom is 0.414 e. The number of thiophene rings is 1. The maximum absolute atomic E-state index is 13.1. The van der Waals surface area contributed by atoms with E-state index in [4.69, 9.17) is 4.74 Å². The third-order valence-corrected chi connectivity index (χ3v) is 6.73. The van der Waals surface area contributed by atoms with Gasteiger partial charge in [-0.2, -0.15) is 0 Å². The van der Waals surface area contributed by atoms with Gasteiger partial charge in [0.25, 0.3) is 0 Å². The van der Waals surface area contributed by atoms with Crippen LogP contribution >= 0.6 is 11.3 Å². The van der Waals surface area contributed by atoms with Crippen LogP contribution in [0.2, 0.25) is 0 Å². The van der Waals surface area contributed by atoms with Crippen molar-refractivity contribution in [1.29, 1.82) is 0 Å². The van der Waals surface area contributed by atoms with Gasteiger partial charge in [0, 0.05) is 22.0 Å². The van der Waals surface area contributed by atoms with Gasteiger partial charge in [0.05, 0.1) is 6.54 Å². The molecule has 1 aromatic heterocycles. The zero-order chi connectivity index (χ0) is 17.9. The van der Waals surface area contributed by atoms with E-state index >= 15 is 0 Å². The highest BCUT2D eigenvalue weighted by atomic mass is 32.1. The Kier molecular flexibility index (Phi) is 5.27. The zero-order valence-electron chi connectivity index (χ0n) is 15.3. The third kappa shape index (κ3) is 3.79. The number of para-hydroxylation sites is 1. The second-order valence-corrected chi connectivity index (χ2v) is 8.46. The molecule has 2 bridgehead atoms. The molecule has 1 aromatic carbocycles. The van der Waals surface area contributed by atoms with Gasteiger partial charge in [0.1, 0.15) is 6.10 Å². The summed E-state index contributed by atoms with van der Waals surface area (Å²) in [7, 11) is 0. The quantitative estimate of drug-likeness (QED) is 0.774. The minimum atomic E-state index is -0.221. The number of hydrogen-bond donors (Lipinski definition) is 0. The topological polar surface area (TPSA) is 32.8 Å². The monoisotopic (exact) mass is 370 g/mol. The van der Waals surface area contributed by atoms with Gasteiger partial charge in [0.2, 0.25) is 0 Å². The zero-order valence-corrected chi connectivity index (χ0v) is 16.1. The number of aryl methyl sites for hydroxylation is 1. The first-order chi connectivity index (χ1) is 12.7. The number of piperidine rings is 3. The van der Waals surface area contributed by atoms with Crippen LogP contribution in [0.1, 0.15) is 29.5 Å². The van der Waals surface area contributed by atoms with Crippen LogP contribution in [-0.2, 0) is 17.7 Å². The van der Waals surface area contributed by atoms with Crippen molar-refractivity contribution >= 4 is 23.1 Å². The van der Waals surface area contributed by atoms with Crippen molar-refractivity contribution in [2.24, 2.45) is 5.92 Å². The average Bonchev–Trinajstić information content (AvgIpc) is 3.15. The van der Waals surface area contributed by atoms with Crippen molar-refractivity contribution in [3.05, 3.63) is 52.2 Å². The molecule has 3 fully saturated rings. The third-order valence-electron chi connectivity index (χ3n) is 5.52. The minimum absolute atomic E-state index is 0.0331. The lowest BCUT2D eigenvalue weighted by atomic mass is 9.86. The smallest absolute Gasteiger partial charge is 0.414 e. The Bertz CT molecular complexity index is 737. The predicted octanol–water partition coefficient (Wildman–Crippen LogP) is 4.55. The summed E-state index contributed by atoms with van der Waals surface area (Å²) in [5, 5.41) is 0. The van der Waals surface area contributed by atoms with Gasteiger partial charge < -0.3 is 4.74 Å². The molecule has 0 saturated carbocycles. The highest BCUT2D eigenvalue weighted by Gasteiger charge is 2.37. The first-order valence-corrected chi connectivity index (χ1v) is 10.4. The van der Waals surface area contributed by atoms with E-state index in [-0.39, 0.29) is 12.2 Å². The molecule has 3 saturated heterocycles. The number of carbonyl (C=O) groups is 1. The molecule has 0 N–H and O–H groups in total. The molecule has 1 amide bonds. The number of ether oxygens (including phenoxy) is 1. The summed E-state index contributed by atoms with van der Waals surface area (Å²) >= 11 is 1.77. The van der Waals surface area contributed by atoms with Gasteiger partial charge in [0.15, 0.2) is 0 Å². The van der Waals surface area contributed by atoms with Crippen LogP contribution in [0, 0.1) is 5.92 Å². The molecular formula is C21H26N2O2S. The fraction of sp³-hybridized carbons (Fsp3) is 0.476. The first kappa shape index (κ1) is 17.6. The summed E-state index contributed by atoms with van der Waals surface area (Å²) in [4.78, 5) is 19.8. The fourth-order valence-corrected chi connectivity index (χ4v) is 4.91. The first-order valence-electron chi connectivity index (χ1n) is 9.56. The van der Waals surface area contributed by atoms with E-state index in [1.54, 1.807) is 16.2 Å². The Morgan fingerprint density at radius 2 is 1.88 bits per heavy atom. The summed E-state index contributed by atoms with van der Waals surface area (Å²) in [6.45, 7) is 5.91. The Balaban J connectivity index is 1.51. The lowest BCUT2D eigenvalue weighted by Gasteiger charge is -2.44. The van der Waals surface area contributed by atoms with E-state index < -0.39 is 0 Å². The van der Waals surface area contributed by atoms with E-state index in [1.807, 2.05) is 30.3 Å². The number of carbonyl (C=O) groups excluding carboxylic acids is 1. The molecule has 5 rings (SSSR count). The number of rotatable bonds is 5. The van der Waals surface area contributed by atoms with Crippen LogP contribution in [0.25, 0.3) is 0 Å². The molecule has 138 valence electrons. The van der Waals surface area contributed by atoms with Crippen molar-refractivity contribution in [2.75, 3.05) is 24.5 Å². The van der Waals surface area contributed by atoms with E-state index in [0.717, 1.165) is 44.6 Å². The molecule has 1 unspecified atom stereocenters. The van der Waals surface area contributed by atoms with Crippen LogP contribution in [-0.4, -0.2) is 36.7 Å². The van der Waals surface area contributed by atoms with E-state index in [2.05, 4.69) is 24.0 Å². The molecule has 0 aliphatic carbocycles. The van der Waals surface area contributed by atoms with Crippen molar-refractivity contribution in [2.45, 2.75) is 38.8 Å². The maximum atomic E-state index is 13.1. The number of amides is 1. The van der Waals surface area contributed by atoms with E-state index in [1.165, 1.54) is 9.75 Å². The molecule has 0 spiro atoms. The van der Waals surface area contributed by atoms with Crippen LogP contribution in [0.3, 0.4) is 0 Å². The Morgan fingerprint density at radius 1 is 1.15 bits per heavy atom. The van der Waals surface area contributed by atoms with Crippen LogP contribution in [0.4, 0.5) is 10.5 Å². The van der Waals surface area contributed by atoms with Gasteiger partial charge in [-0.3, -0.25) is 9.80 Å².